The van der Waals surface area contributed by atoms with E-state index < -0.39 is 6.36 Å². The molecule has 4 rings (SSSR count). The molecule has 1 aliphatic rings. The molecule has 0 spiro atoms. The molecular formula is C21H18F3N3O5. The van der Waals surface area contributed by atoms with Crippen molar-refractivity contribution in [2.45, 2.75) is 18.7 Å². The van der Waals surface area contributed by atoms with Gasteiger partial charge in [-0.3, -0.25) is 4.79 Å². The highest BCUT2D eigenvalue weighted by Crippen LogP contribution is 2.35. The molecule has 1 unspecified atom stereocenters. The number of carbonyl (C=O) groups excluding carboxylic acids is 1. The zero-order valence-electron chi connectivity index (χ0n) is 17.0. The van der Waals surface area contributed by atoms with Gasteiger partial charge in [0.05, 0.1) is 25.8 Å². The normalized spacial score (nSPS) is 16.3. The lowest BCUT2D eigenvalue weighted by molar-refractivity contribution is -0.274. The fraction of sp³-hybridized carbons (Fsp3) is 0.286. The van der Waals surface area contributed by atoms with Gasteiger partial charge in [-0.25, -0.2) is 0 Å². The van der Waals surface area contributed by atoms with Gasteiger partial charge in [0.1, 0.15) is 17.2 Å². The fourth-order valence-electron chi connectivity index (χ4n) is 3.39. The number of halogens is 3. The summed E-state index contributed by atoms with van der Waals surface area (Å²) >= 11 is 0. The molecule has 168 valence electrons. The Morgan fingerprint density at radius 1 is 1.03 bits per heavy atom. The average Bonchev–Trinajstić information content (AvgIpc) is 3.39. The average molecular weight is 449 g/mol. The number of aromatic nitrogens is 2. The molecule has 32 heavy (non-hydrogen) atoms. The smallest absolute Gasteiger partial charge is 0.497 e. The van der Waals surface area contributed by atoms with Crippen molar-refractivity contribution < 1.29 is 36.7 Å². The Bertz CT molecular complexity index is 1090. The van der Waals surface area contributed by atoms with E-state index in [1.54, 1.807) is 23.1 Å². The lowest BCUT2D eigenvalue weighted by Gasteiger charge is -2.18. The van der Waals surface area contributed by atoms with Crippen molar-refractivity contribution in [1.29, 1.82) is 0 Å². The molecule has 2 aromatic carbocycles. The van der Waals surface area contributed by atoms with E-state index in [1.807, 2.05) is 0 Å². The third-order valence-electron chi connectivity index (χ3n) is 4.91. The monoisotopic (exact) mass is 449 g/mol. The first-order valence-electron chi connectivity index (χ1n) is 9.49. The van der Waals surface area contributed by atoms with Crippen molar-refractivity contribution in [1.82, 2.24) is 10.1 Å². The molecule has 1 amide bonds. The topological polar surface area (TPSA) is 86.9 Å². The van der Waals surface area contributed by atoms with E-state index in [-0.39, 0.29) is 35.7 Å². The zero-order valence-corrected chi connectivity index (χ0v) is 17.0. The highest BCUT2D eigenvalue weighted by Gasteiger charge is 2.36. The van der Waals surface area contributed by atoms with Gasteiger partial charge in [0.25, 0.3) is 0 Å². The van der Waals surface area contributed by atoms with E-state index in [9.17, 15) is 18.0 Å². The summed E-state index contributed by atoms with van der Waals surface area (Å²) in [4.78, 5) is 18.5. The van der Waals surface area contributed by atoms with Crippen molar-refractivity contribution in [2.24, 2.45) is 0 Å². The number of carbonyl (C=O) groups is 1. The summed E-state index contributed by atoms with van der Waals surface area (Å²) in [5, 5.41) is 3.89. The minimum absolute atomic E-state index is 0.126. The molecule has 1 fully saturated rings. The summed E-state index contributed by atoms with van der Waals surface area (Å²) in [6.07, 6.45) is -4.60. The van der Waals surface area contributed by atoms with Gasteiger partial charge in [-0.15, -0.1) is 13.2 Å². The number of methoxy groups -OCH3 is 2. The summed E-state index contributed by atoms with van der Waals surface area (Å²) in [6, 6.07) is 10.3. The number of benzene rings is 2. The number of ether oxygens (including phenoxy) is 3. The molecule has 1 aliphatic heterocycles. The quantitative estimate of drug-likeness (QED) is 0.558. The molecule has 11 heteroatoms. The van der Waals surface area contributed by atoms with E-state index in [0.717, 1.165) is 12.1 Å². The van der Waals surface area contributed by atoms with Gasteiger partial charge in [-0.2, -0.15) is 4.98 Å². The highest BCUT2D eigenvalue weighted by molar-refractivity contribution is 5.96. The van der Waals surface area contributed by atoms with Crippen LogP contribution in [0.1, 0.15) is 18.2 Å². The van der Waals surface area contributed by atoms with E-state index in [2.05, 4.69) is 14.9 Å². The highest BCUT2D eigenvalue weighted by atomic mass is 19.4. The third-order valence-corrected chi connectivity index (χ3v) is 4.91. The second kappa shape index (κ2) is 8.40. The maximum absolute atomic E-state index is 12.6. The second-order valence-corrected chi connectivity index (χ2v) is 7.00. The molecule has 0 bridgehead atoms. The third kappa shape index (κ3) is 4.61. The minimum Gasteiger partial charge on any atom is -0.497 e. The van der Waals surface area contributed by atoms with Crippen LogP contribution in [0.15, 0.2) is 47.0 Å². The van der Waals surface area contributed by atoms with Gasteiger partial charge in [0.15, 0.2) is 0 Å². The molecule has 1 saturated heterocycles. The van der Waals surface area contributed by atoms with Crippen LogP contribution in [0.25, 0.3) is 11.4 Å². The maximum Gasteiger partial charge on any atom is 0.573 e. The van der Waals surface area contributed by atoms with Crippen molar-refractivity contribution >= 4 is 11.6 Å². The Labute approximate surface area is 180 Å². The van der Waals surface area contributed by atoms with Crippen molar-refractivity contribution in [3.63, 3.8) is 0 Å². The summed E-state index contributed by atoms with van der Waals surface area (Å²) < 4.78 is 56.6. The molecule has 0 N–H and O–H groups in total. The van der Waals surface area contributed by atoms with Gasteiger partial charge >= 0.3 is 6.36 Å². The summed E-state index contributed by atoms with van der Waals surface area (Å²) in [5.74, 6) is 0.749. The number of alkyl halides is 3. The predicted octanol–water partition coefficient (Wildman–Crippen LogP) is 4.17. The van der Waals surface area contributed by atoms with Gasteiger partial charge in [0, 0.05) is 36.7 Å². The molecule has 0 saturated carbocycles. The molecule has 0 radical (unpaired) electrons. The molecule has 0 aliphatic carbocycles. The lowest BCUT2D eigenvalue weighted by atomic mass is 10.1. The second-order valence-electron chi connectivity index (χ2n) is 7.00. The van der Waals surface area contributed by atoms with Crippen molar-refractivity contribution in [3.8, 4) is 28.6 Å². The Morgan fingerprint density at radius 3 is 2.28 bits per heavy atom. The Hall–Kier alpha value is -3.76. The van der Waals surface area contributed by atoms with Gasteiger partial charge in [-0.1, -0.05) is 5.16 Å². The van der Waals surface area contributed by atoms with Gasteiger partial charge < -0.3 is 23.6 Å². The van der Waals surface area contributed by atoms with Crippen LogP contribution in [0.2, 0.25) is 0 Å². The van der Waals surface area contributed by atoms with E-state index in [0.29, 0.717) is 29.3 Å². The summed E-state index contributed by atoms with van der Waals surface area (Å²) in [7, 11) is 3.05. The molecule has 3 aromatic rings. The standard InChI is InChI=1S/C21H18F3N3O5/c1-29-16-8-14(9-17(10-16)30-2)27-11-13(7-18(27)28)20-25-19(26-32-20)12-3-5-15(6-4-12)31-21(22,23)24/h3-6,8-10,13H,7,11H2,1-2H3. The van der Waals surface area contributed by atoms with Crippen LogP contribution in [0.3, 0.4) is 0 Å². The number of hydrogen-bond donors (Lipinski definition) is 0. The molecule has 8 nitrogen and oxygen atoms in total. The number of amides is 1. The number of nitrogens with zero attached hydrogens (tertiary/aromatic N) is 3. The van der Waals surface area contributed by atoms with Crippen LogP contribution in [-0.2, 0) is 4.79 Å². The molecular weight excluding hydrogens is 431 g/mol. The minimum atomic E-state index is -4.77. The van der Waals surface area contributed by atoms with Crippen LogP contribution in [0.4, 0.5) is 18.9 Å². The van der Waals surface area contributed by atoms with E-state index in [4.69, 9.17) is 14.0 Å². The lowest BCUT2D eigenvalue weighted by Crippen LogP contribution is -2.24. The first-order chi connectivity index (χ1) is 15.3. The van der Waals surface area contributed by atoms with Crippen LogP contribution < -0.4 is 19.1 Å². The van der Waals surface area contributed by atoms with Gasteiger partial charge in [0.2, 0.25) is 17.6 Å². The van der Waals surface area contributed by atoms with Crippen LogP contribution in [0.5, 0.6) is 17.2 Å². The van der Waals surface area contributed by atoms with E-state index >= 15 is 0 Å². The first kappa shape index (κ1) is 21.5. The van der Waals surface area contributed by atoms with Crippen LogP contribution in [-0.4, -0.2) is 43.2 Å². The Morgan fingerprint density at radius 2 is 1.69 bits per heavy atom. The van der Waals surface area contributed by atoms with Crippen molar-refractivity contribution in [3.05, 3.63) is 48.4 Å². The molecule has 2 heterocycles. The molecule has 1 aromatic heterocycles. The first-order valence-corrected chi connectivity index (χ1v) is 9.49. The zero-order chi connectivity index (χ0) is 22.9. The number of rotatable bonds is 6. The number of hydrogen-bond acceptors (Lipinski definition) is 7. The maximum atomic E-state index is 12.6. The van der Waals surface area contributed by atoms with E-state index in [1.165, 1.54) is 26.4 Å². The number of anilines is 1. The molecule has 1 atom stereocenters. The van der Waals surface area contributed by atoms with Crippen molar-refractivity contribution in [2.75, 3.05) is 25.7 Å². The SMILES string of the molecule is COc1cc(OC)cc(N2CC(c3nc(-c4ccc(OC(F)(F)F)cc4)no3)CC2=O)c1. The largest absolute Gasteiger partial charge is 0.573 e. The van der Waals surface area contributed by atoms with Gasteiger partial charge in [-0.05, 0) is 24.3 Å². The van der Waals surface area contributed by atoms with Crippen LogP contribution >= 0.6 is 0 Å². The van der Waals surface area contributed by atoms with Crippen LogP contribution in [0, 0.1) is 0 Å². The Kier molecular flexibility index (Phi) is 5.64. The summed E-state index contributed by atoms with van der Waals surface area (Å²) in [5.41, 5.74) is 1.07. The fourth-order valence-corrected chi connectivity index (χ4v) is 3.39. The summed E-state index contributed by atoms with van der Waals surface area (Å²) in [6.45, 7) is 0.315. The predicted molar refractivity (Wildman–Crippen MR) is 106 cm³/mol. The Balaban J connectivity index is 1.50.